The summed E-state index contributed by atoms with van der Waals surface area (Å²) in [7, 11) is 0.396. The molecular weight excluding hydrogens is 342 g/mol. The Balaban J connectivity index is 2.97. The predicted octanol–water partition coefficient (Wildman–Crippen LogP) is 1.99. The van der Waals surface area contributed by atoms with Gasteiger partial charge in [0.25, 0.3) is 0 Å². The van der Waals surface area contributed by atoms with Gasteiger partial charge < -0.3 is 10.6 Å². The van der Waals surface area contributed by atoms with Crippen LogP contribution in [0.2, 0.25) is 0 Å². The summed E-state index contributed by atoms with van der Waals surface area (Å²) in [5, 5.41) is 0. The standard InChI is InChI=1S/C13H22BrN3O2S/c1-4-17(9-5-8-16(2)3)20(18,19)13-10-11(14)6-7-12(13)15/h6-7,10H,4-5,8-9,15H2,1-3H3. The lowest BCUT2D eigenvalue weighted by atomic mass is 10.3. The van der Waals surface area contributed by atoms with Gasteiger partial charge in [0.1, 0.15) is 4.90 Å². The highest BCUT2D eigenvalue weighted by Gasteiger charge is 2.25. The molecule has 0 amide bonds. The zero-order chi connectivity index (χ0) is 15.3. The first kappa shape index (κ1) is 17.4. The second-order valence-corrected chi connectivity index (χ2v) is 7.66. The third-order valence-electron chi connectivity index (χ3n) is 2.96. The van der Waals surface area contributed by atoms with Crippen molar-refractivity contribution in [3.05, 3.63) is 22.7 Å². The van der Waals surface area contributed by atoms with E-state index in [2.05, 4.69) is 15.9 Å². The summed E-state index contributed by atoms with van der Waals surface area (Å²) in [6.07, 6.45) is 0.786. The van der Waals surface area contributed by atoms with Gasteiger partial charge in [0.15, 0.2) is 0 Å². The molecule has 114 valence electrons. The molecule has 0 spiro atoms. The molecule has 1 aromatic rings. The van der Waals surface area contributed by atoms with Crippen LogP contribution in [0.3, 0.4) is 0 Å². The third-order valence-corrected chi connectivity index (χ3v) is 5.48. The molecule has 0 aromatic heterocycles. The molecule has 0 bridgehead atoms. The molecule has 0 saturated carbocycles. The summed E-state index contributed by atoms with van der Waals surface area (Å²) in [5.41, 5.74) is 6.09. The van der Waals surface area contributed by atoms with E-state index in [4.69, 9.17) is 5.73 Å². The van der Waals surface area contributed by atoms with Crippen LogP contribution in [0.4, 0.5) is 5.69 Å². The predicted molar refractivity (Wildman–Crippen MR) is 86.2 cm³/mol. The Morgan fingerprint density at radius 3 is 2.45 bits per heavy atom. The van der Waals surface area contributed by atoms with E-state index >= 15 is 0 Å². The molecule has 1 rings (SSSR count). The van der Waals surface area contributed by atoms with E-state index in [1.807, 2.05) is 25.9 Å². The van der Waals surface area contributed by atoms with Crippen LogP contribution in [0.25, 0.3) is 0 Å². The Labute approximate surface area is 129 Å². The highest BCUT2D eigenvalue weighted by Crippen LogP contribution is 2.26. The van der Waals surface area contributed by atoms with E-state index in [9.17, 15) is 8.42 Å². The van der Waals surface area contributed by atoms with Crippen LogP contribution in [-0.2, 0) is 10.0 Å². The molecule has 1 aromatic carbocycles. The lowest BCUT2D eigenvalue weighted by molar-refractivity contribution is 0.356. The number of nitrogens with zero attached hydrogens (tertiary/aromatic N) is 2. The van der Waals surface area contributed by atoms with Crippen molar-refractivity contribution in [1.29, 1.82) is 0 Å². The summed E-state index contributed by atoms with van der Waals surface area (Å²) in [6, 6.07) is 4.89. The number of sulfonamides is 1. The molecule has 0 fully saturated rings. The number of rotatable bonds is 7. The van der Waals surface area contributed by atoms with Crippen LogP contribution in [-0.4, -0.2) is 51.4 Å². The van der Waals surface area contributed by atoms with Crippen LogP contribution in [0, 0.1) is 0 Å². The number of nitrogens with two attached hydrogens (primary N) is 1. The van der Waals surface area contributed by atoms with E-state index in [0.717, 1.165) is 13.0 Å². The summed E-state index contributed by atoms with van der Waals surface area (Å²) in [4.78, 5) is 2.20. The van der Waals surface area contributed by atoms with E-state index in [-0.39, 0.29) is 10.6 Å². The molecule has 7 heteroatoms. The number of anilines is 1. The Kier molecular flexibility index (Phi) is 6.44. The van der Waals surface area contributed by atoms with Crippen LogP contribution in [0.15, 0.2) is 27.6 Å². The minimum absolute atomic E-state index is 0.165. The smallest absolute Gasteiger partial charge is 0.245 e. The zero-order valence-electron chi connectivity index (χ0n) is 12.1. The first-order valence-corrected chi connectivity index (χ1v) is 8.72. The van der Waals surface area contributed by atoms with E-state index in [0.29, 0.717) is 17.6 Å². The lowest BCUT2D eigenvalue weighted by Gasteiger charge is -2.22. The number of hydrogen-bond donors (Lipinski definition) is 1. The van der Waals surface area contributed by atoms with Crippen molar-refractivity contribution in [3.63, 3.8) is 0 Å². The van der Waals surface area contributed by atoms with Gasteiger partial charge in [-0.25, -0.2) is 8.42 Å². The Morgan fingerprint density at radius 2 is 1.90 bits per heavy atom. The fourth-order valence-electron chi connectivity index (χ4n) is 1.88. The molecule has 0 aliphatic heterocycles. The molecule has 2 N–H and O–H groups in total. The fourth-order valence-corrected chi connectivity index (χ4v) is 4.02. The molecule has 0 unspecified atom stereocenters. The Morgan fingerprint density at radius 1 is 1.25 bits per heavy atom. The SMILES string of the molecule is CCN(CCCN(C)C)S(=O)(=O)c1cc(Br)ccc1N. The average molecular weight is 364 g/mol. The monoisotopic (exact) mass is 363 g/mol. The highest BCUT2D eigenvalue weighted by atomic mass is 79.9. The fraction of sp³-hybridized carbons (Fsp3) is 0.538. The van der Waals surface area contributed by atoms with Gasteiger partial charge in [-0.1, -0.05) is 22.9 Å². The van der Waals surface area contributed by atoms with Gasteiger partial charge in [-0.2, -0.15) is 4.31 Å². The van der Waals surface area contributed by atoms with Gasteiger partial charge >= 0.3 is 0 Å². The van der Waals surface area contributed by atoms with E-state index in [1.54, 1.807) is 18.2 Å². The summed E-state index contributed by atoms with van der Waals surface area (Å²) in [5.74, 6) is 0. The van der Waals surface area contributed by atoms with Gasteiger partial charge in [-0.05, 0) is 45.3 Å². The van der Waals surface area contributed by atoms with Gasteiger partial charge in [-0.15, -0.1) is 0 Å². The Bertz CT molecular complexity index is 547. The van der Waals surface area contributed by atoms with Crippen molar-refractivity contribution in [1.82, 2.24) is 9.21 Å². The van der Waals surface area contributed by atoms with Crippen molar-refractivity contribution < 1.29 is 8.42 Å². The number of hydrogen-bond acceptors (Lipinski definition) is 4. The van der Waals surface area contributed by atoms with Crippen LogP contribution >= 0.6 is 15.9 Å². The molecule has 20 heavy (non-hydrogen) atoms. The number of benzene rings is 1. The van der Waals surface area contributed by atoms with Crippen molar-refractivity contribution in [3.8, 4) is 0 Å². The molecule has 0 radical (unpaired) electrons. The summed E-state index contributed by atoms with van der Waals surface area (Å²) in [6.45, 7) is 3.60. The van der Waals surface area contributed by atoms with Gasteiger partial charge in [0, 0.05) is 17.6 Å². The van der Waals surface area contributed by atoms with Gasteiger partial charge in [0.2, 0.25) is 10.0 Å². The van der Waals surface area contributed by atoms with Crippen molar-refractivity contribution in [2.75, 3.05) is 39.5 Å². The van der Waals surface area contributed by atoms with E-state index < -0.39 is 10.0 Å². The second-order valence-electron chi connectivity index (χ2n) is 4.84. The quantitative estimate of drug-likeness (QED) is 0.752. The normalized spacial score (nSPS) is 12.3. The molecule has 0 heterocycles. The maximum absolute atomic E-state index is 12.6. The van der Waals surface area contributed by atoms with Crippen molar-refractivity contribution >= 4 is 31.6 Å². The summed E-state index contributed by atoms with van der Waals surface area (Å²) < 4.78 is 27.4. The molecule has 0 aliphatic rings. The highest BCUT2D eigenvalue weighted by molar-refractivity contribution is 9.10. The summed E-state index contributed by atoms with van der Waals surface area (Å²) >= 11 is 3.29. The maximum Gasteiger partial charge on any atom is 0.245 e. The molecule has 5 nitrogen and oxygen atoms in total. The molecule has 0 atom stereocenters. The topological polar surface area (TPSA) is 66.6 Å². The van der Waals surface area contributed by atoms with Gasteiger partial charge in [0.05, 0.1) is 5.69 Å². The number of nitrogen functional groups attached to an aromatic ring is 1. The minimum Gasteiger partial charge on any atom is -0.398 e. The molecular formula is C13H22BrN3O2S. The average Bonchev–Trinajstić information content (AvgIpc) is 2.36. The Hall–Kier alpha value is -0.630. The number of halogens is 1. The van der Waals surface area contributed by atoms with Crippen LogP contribution in [0.5, 0.6) is 0 Å². The van der Waals surface area contributed by atoms with Crippen molar-refractivity contribution in [2.24, 2.45) is 0 Å². The first-order chi connectivity index (χ1) is 9.28. The lowest BCUT2D eigenvalue weighted by Crippen LogP contribution is -2.33. The molecule has 0 saturated heterocycles. The first-order valence-electron chi connectivity index (χ1n) is 6.49. The minimum atomic E-state index is -3.54. The van der Waals surface area contributed by atoms with Crippen LogP contribution < -0.4 is 5.73 Å². The molecule has 0 aliphatic carbocycles. The van der Waals surface area contributed by atoms with Gasteiger partial charge in [-0.3, -0.25) is 0 Å². The largest absolute Gasteiger partial charge is 0.398 e. The third kappa shape index (κ3) is 4.44. The van der Waals surface area contributed by atoms with Crippen molar-refractivity contribution in [2.45, 2.75) is 18.2 Å². The second kappa shape index (κ2) is 7.40. The van der Waals surface area contributed by atoms with E-state index in [1.165, 1.54) is 4.31 Å². The zero-order valence-corrected chi connectivity index (χ0v) is 14.5. The maximum atomic E-state index is 12.6. The van der Waals surface area contributed by atoms with Crippen LogP contribution in [0.1, 0.15) is 13.3 Å².